The normalized spacial score (nSPS) is 12.6. The minimum Gasteiger partial charge on any atom is -0.377 e. The number of benzene rings is 2. The number of fused-ring (bicyclic) bond motifs is 2. The minimum atomic E-state index is -4.66. The zero-order chi connectivity index (χ0) is 25.4. The maximum Gasteiger partial charge on any atom is 0.417 e. The minimum absolute atomic E-state index is 0.215. The Morgan fingerprint density at radius 2 is 1.75 bits per heavy atom. The van der Waals surface area contributed by atoms with Gasteiger partial charge in [-0.25, -0.2) is 0 Å². The summed E-state index contributed by atoms with van der Waals surface area (Å²) in [5.74, 6) is 0. The highest BCUT2D eigenvalue weighted by atomic mass is 19.4. The number of nitrogens with zero attached hydrogens (tertiary/aromatic N) is 3. The van der Waals surface area contributed by atoms with Crippen LogP contribution in [0.2, 0.25) is 0 Å². The van der Waals surface area contributed by atoms with Crippen LogP contribution in [0.3, 0.4) is 0 Å². The lowest BCUT2D eigenvalue weighted by Crippen LogP contribution is -2.29. The molecule has 3 aromatic heterocycles. The van der Waals surface area contributed by atoms with Gasteiger partial charge in [0, 0.05) is 58.2 Å². The summed E-state index contributed by atoms with van der Waals surface area (Å²) in [5, 5.41) is 4.90. The maximum atomic E-state index is 13.8. The van der Waals surface area contributed by atoms with E-state index in [1.165, 1.54) is 16.7 Å². The van der Waals surface area contributed by atoms with Crippen LogP contribution in [0, 0.1) is 0 Å². The van der Waals surface area contributed by atoms with E-state index < -0.39 is 23.3 Å². The molecular weight excluding hydrogens is 465 g/mol. The predicted molar refractivity (Wildman–Crippen MR) is 135 cm³/mol. The number of rotatable bonds is 5. The zero-order valence-corrected chi connectivity index (χ0v) is 19.3. The van der Waals surface area contributed by atoms with Gasteiger partial charge in [0.2, 0.25) is 0 Å². The topological polar surface area (TPSA) is 59.8 Å². The number of hydrogen-bond donors (Lipinski definition) is 1. The van der Waals surface area contributed by atoms with Crippen molar-refractivity contribution in [3.05, 3.63) is 119 Å². The Bertz CT molecular complexity index is 1650. The van der Waals surface area contributed by atoms with Gasteiger partial charge in [-0.3, -0.25) is 19.3 Å². The fourth-order valence-electron chi connectivity index (χ4n) is 4.44. The van der Waals surface area contributed by atoms with Gasteiger partial charge in [0.1, 0.15) is 0 Å². The van der Waals surface area contributed by atoms with E-state index in [-0.39, 0.29) is 10.8 Å². The third-order valence-electron chi connectivity index (χ3n) is 6.12. The largest absolute Gasteiger partial charge is 0.417 e. The summed E-state index contributed by atoms with van der Waals surface area (Å²) in [7, 11) is 0. The van der Waals surface area contributed by atoms with Gasteiger partial charge in [-0.1, -0.05) is 36.9 Å². The van der Waals surface area contributed by atoms with Crippen LogP contribution in [0.1, 0.15) is 29.8 Å². The van der Waals surface area contributed by atoms with E-state index in [1.807, 2.05) is 13.0 Å². The van der Waals surface area contributed by atoms with Crippen LogP contribution in [0.5, 0.6) is 0 Å². The lowest BCUT2D eigenvalue weighted by atomic mass is 10.0. The Labute approximate surface area is 204 Å². The van der Waals surface area contributed by atoms with E-state index in [1.54, 1.807) is 61.2 Å². The number of nitrogens with one attached hydrogen (secondary N) is 1. The Morgan fingerprint density at radius 1 is 0.972 bits per heavy atom. The molecule has 8 heteroatoms. The lowest BCUT2D eigenvalue weighted by molar-refractivity contribution is -0.136. The molecule has 0 radical (unpaired) electrons. The van der Waals surface area contributed by atoms with Crippen molar-refractivity contribution in [1.29, 1.82) is 0 Å². The summed E-state index contributed by atoms with van der Waals surface area (Å²) in [5.41, 5.74) is 0.542. The van der Waals surface area contributed by atoms with Crippen molar-refractivity contribution in [1.82, 2.24) is 19.9 Å². The summed E-state index contributed by atoms with van der Waals surface area (Å²) < 4.78 is 42.7. The Kier molecular flexibility index (Phi) is 5.80. The predicted octanol–water partition coefficient (Wildman–Crippen LogP) is 6.27. The molecule has 0 unspecified atom stereocenters. The number of aromatic nitrogens is 3. The van der Waals surface area contributed by atoms with Crippen LogP contribution in [0.15, 0.2) is 96.8 Å². The highest BCUT2D eigenvalue weighted by molar-refractivity contribution is 5.91. The highest BCUT2D eigenvalue weighted by Gasteiger charge is 2.34. The van der Waals surface area contributed by atoms with Crippen molar-refractivity contribution < 1.29 is 13.2 Å². The van der Waals surface area contributed by atoms with E-state index >= 15 is 0 Å². The van der Waals surface area contributed by atoms with E-state index in [4.69, 9.17) is 0 Å². The van der Waals surface area contributed by atoms with Gasteiger partial charge in [0.05, 0.1) is 17.0 Å². The van der Waals surface area contributed by atoms with E-state index in [9.17, 15) is 18.0 Å². The lowest BCUT2D eigenvalue weighted by Gasteiger charge is -2.23. The molecule has 0 saturated heterocycles. The Morgan fingerprint density at radius 3 is 2.50 bits per heavy atom. The SMILES string of the molecule is C=C(N[C@@H](C)c1cc2cccc(C(F)(F)F)c2c(=O)n1-c1ccccc1)c1cncc2ccncc12. The van der Waals surface area contributed by atoms with Gasteiger partial charge in [-0.2, -0.15) is 13.2 Å². The smallest absolute Gasteiger partial charge is 0.377 e. The van der Waals surface area contributed by atoms with Gasteiger partial charge in [-0.15, -0.1) is 0 Å². The molecule has 0 fully saturated rings. The molecule has 0 saturated carbocycles. The second kappa shape index (κ2) is 8.96. The van der Waals surface area contributed by atoms with Crippen LogP contribution >= 0.6 is 0 Å². The third kappa shape index (κ3) is 4.11. The summed E-state index contributed by atoms with van der Waals surface area (Å²) in [6.45, 7) is 5.99. The van der Waals surface area contributed by atoms with Crippen molar-refractivity contribution >= 4 is 27.2 Å². The fourth-order valence-corrected chi connectivity index (χ4v) is 4.44. The standard InChI is InChI=1S/C28H21F3N4O/c1-17(22-15-33-14-20-11-12-32-16-23(20)22)34-18(2)25-13-19-7-6-10-24(28(29,30)31)26(19)27(36)35(25)21-8-4-3-5-9-21/h3-16,18,34H,1H2,2H3/t18-/m0/s1. The van der Waals surface area contributed by atoms with Crippen LogP contribution in [-0.2, 0) is 6.18 Å². The number of pyridine rings is 3. The van der Waals surface area contributed by atoms with Crippen molar-refractivity contribution in [3.8, 4) is 5.69 Å². The summed E-state index contributed by atoms with van der Waals surface area (Å²) >= 11 is 0. The second-order valence-corrected chi connectivity index (χ2v) is 8.44. The van der Waals surface area contributed by atoms with Crippen molar-refractivity contribution in [2.24, 2.45) is 0 Å². The molecule has 0 aliphatic carbocycles. The molecule has 1 N–H and O–H groups in total. The van der Waals surface area contributed by atoms with Crippen molar-refractivity contribution in [2.75, 3.05) is 0 Å². The fraction of sp³-hybridized carbons (Fsp3) is 0.107. The highest BCUT2D eigenvalue weighted by Crippen LogP contribution is 2.34. The zero-order valence-electron chi connectivity index (χ0n) is 19.3. The molecule has 0 amide bonds. The van der Waals surface area contributed by atoms with Gasteiger partial charge in [0.25, 0.3) is 5.56 Å². The average Bonchev–Trinajstić information content (AvgIpc) is 2.87. The molecule has 5 aromatic rings. The number of halogens is 3. The van der Waals surface area contributed by atoms with Crippen LogP contribution in [-0.4, -0.2) is 14.5 Å². The molecule has 0 aliphatic rings. The molecule has 1 atom stereocenters. The van der Waals surface area contributed by atoms with Gasteiger partial charge in [0.15, 0.2) is 0 Å². The Hall–Kier alpha value is -4.46. The summed E-state index contributed by atoms with van der Waals surface area (Å²) in [4.78, 5) is 22.1. The summed E-state index contributed by atoms with van der Waals surface area (Å²) in [6, 6.07) is 15.4. The monoisotopic (exact) mass is 486 g/mol. The number of hydrogen-bond acceptors (Lipinski definition) is 4. The number of para-hydroxylation sites is 1. The molecular formula is C28H21F3N4O. The average molecular weight is 486 g/mol. The first-order valence-electron chi connectivity index (χ1n) is 11.2. The van der Waals surface area contributed by atoms with Gasteiger partial charge in [-0.05, 0) is 42.6 Å². The molecule has 2 aromatic carbocycles. The van der Waals surface area contributed by atoms with Crippen LogP contribution < -0.4 is 10.9 Å². The molecule has 36 heavy (non-hydrogen) atoms. The quantitative estimate of drug-likeness (QED) is 0.318. The summed E-state index contributed by atoms with van der Waals surface area (Å²) in [6.07, 6.45) is 2.13. The molecule has 0 aliphatic heterocycles. The molecule has 3 heterocycles. The maximum absolute atomic E-state index is 13.8. The van der Waals surface area contributed by atoms with E-state index in [2.05, 4.69) is 21.9 Å². The molecule has 0 spiro atoms. The van der Waals surface area contributed by atoms with Crippen LogP contribution in [0.25, 0.3) is 32.9 Å². The second-order valence-electron chi connectivity index (χ2n) is 8.44. The molecule has 5 nitrogen and oxygen atoms in total. The van der Waals surface area contributed by atoms with E-state index in [0.717, 1.165) is 22.4 Å². The van der Waals surface area contributed by atoms with Crippen molar-refractivity contribution in [3.63, 3.8) is 0 Å². The Balaban J connectivity index is 1.67. The first kappa shape index (κ1) is 23.3. The first-order valence-corrected chi connectivity index (χ1v) is 11.2. The van der Waals surface area contributed by atoms with Crippen LogP contribution in [0.4, 0.5) is 13.2 Å². The molecule has 180 valence electrons. The van der Waals surface area contributed by atoms with E-state index in [0.29, 0.717) is 17.1 Å². The molecule has 5 rings (SSSR count). The van der Waals surface area contributed by atoms with Gasteiger partial charge >= 0.3 is 6.18 Å². The van der Waals surface area contributed by atoms with Crippen molar-refractivity contribution in [2.45, 2.75) is 19.1 Å². The first-order chi connectivity index (χ1) is 17.3. The van der Waals surface area contributed by atoms with Gasteiger partial charge < -0.3 is 5.32 Å². The molecule has 0 bridgehead atoms. The third-order valence-corrected chi connectivity index (χ3v) is 6.12. The number of alkyl halides is 3.